The minimum absolute atomic E-state index is 0.156. The molecule has 0 saturated carbocycles. The van der Waals surface area contributed by atoms with E-state index in [1.165, 1.54) is 24.3 Å². The van der Waals surface area contributed by atoms with Gasteiger partial charge in [0.25, 0.3) is 0 Å². The van der Waals surface area contributed by atoms with E-state index in [1.807, 2.05) is 0 Å². The molecule has 0 bridgehead atoms. The monoisotopic (exact) mass is 215 g/mol. The van der Waals surface area contributed by atoms with Crippen LogP contribution in [0.2, 0.25) is 0 Å². The summed E-state index contributed by atoms with van der Waals surface area (Å²) in [7, 11) is 0. The SMILES string of the molecule is N[C@@H](S)OCC(=O)c1ccc(F)cc1. The maximum Gasteiger partial charge on any atom is 0.188 e. The number of carbonyl (C=O) groups is 1. The van der Waals surface area contributed by atoms with Crippen LogP contribution in [0.3, 0.4) is 0 Å². The Balaban J connectivity index is 2.57. The van der Waals surface area contributed by atoms with Crippen LogP contribution in [0.4, 0.5) is 4.39 Å². The van der Waals surface area contributed by atoms with Gasteiger partial charge in [-0.3, -0.25) is 10.5 Å². The van der Waals surface area contributed by atoms with Gasteiger partial charge in [0.1, 0.15) is 12.4 Å². The summed E-state index contributed by atoms with van der Waals surface area (Å²) in [6.07, 6.45) is 0. The molecule has 0 heterocycles. The van der Waals surface area contributed by atoms with Gasteiger partial charge in [0.15, 0.2) is 11.3 Å². The normalized spacial score (nSPS) is 12.5. The molecule has 5 heteroatoms. The second kappa shape index (κ2) is 5.09. The first kappa shape index (κ1) is 11.2. The number of hydrogen-bond acceptors (Lipinski definition) is 4. The molecule has 0 amide bonds. The molecular formula is C9H10FNO2S. The highest BCUT2D eigenvalue weighted by Crippen LogP contribution is 2.04. The molecule has 1 aromatic rings. The summed E-state index contributed by atoms with van der Waals surface area (Å²) in [5.41, 5.74) is 4.78. The third-order valence-corrected chi connectivity index (χ3v) is 1.70. The van der Waals surface area contributed by atoms with Gasteiger partial charge in [0.2, 0.25) is 0 Å². The first-order valence-corrected chi connectivity index (χ1v) is 4.45. The zero-order chi connectivity index (χ0) is 10.6. The molecule has 0 aliphatic heterocycles. The van der Waals surface area contributed by atoms with Crippen molar-refractivity contribution in [1.29, 1.82) is 0 Å². The van der Waals surface area contributed by atoms with Crippen LogP contribution < -0.4 is 5.73 Å². The van der Waals surface area contributed by atoms with E-state index in [-0.39, 0.29) is 18.2 Å². The minimum atomic E-state index is -0.778. The molecule has 0 aliphatic carbocycles. The van der Waals surface area contributed by atoms with Crippen molar-refractivity contribution >= 4 is 18.4 Å². The molecule has 0 spiro atoms. The highest BCUT2D eigenvalue weighted by Gasteiger charge is 2.06. The van der Waals surface area contributed by atoms with Gasteiger partial charge in [0, 0.05) is 5.56 Å². The van der Waals surface area contributed by atoms with E-state index >= 15 is 0 Å². The number of rotatable bonds is 4. The van der Waals surface area contributed by atoms with Gasteiger partial charge in [-0.1, -0.05) is 0 Å². The van der Waals surface area contributed by atoms with Gasteiger partial charge >= 0.3 is 0 Å². The molecule has 0 aliphatic rings. The van der Waals surface area contributed by atoms with Gasteiger partial charge in [-0.15, -0.1) is 12.6 Å². The third kappa shape index (κ3) is 3.45. The van der Waals surface area contributed by atoms with Gasteiger partial charge in [-0.2, -0.15) is 0 Å². The number of ether oxygens (including phenoxy) is 1. The first-order valence-electron chi connectivity index (χ1n) is 3.93. The van der Waals surface area contributed by atoms with Crippen LogP contribution in [-0.2, 0) is 4.74 Å². The Morgan fingerprint density at radius 2 is 2.07 bits per heavy atom. The number of carbonyl (C=O) groups excluding carboxylic acids is 1. The topological polar surface area (TPSA) is 52.3 Å². The summed E-state index contributed by atoms with van der Waals surface area (Å²) in [4.78, 5) is 11.3. The fourth-order valence-corrected chi connectivity index (χ4v) is 0.955. The zero-order valence-corrected chi connectivity index (χ0v) is 8.21. The molecular weight excluding hydrogens is 205 g/mol. The Labute approximate surface area is 86.5 Å². The zero-order valence-electron chi connectivity index (χ0n) is 7.31. The molecule has 1 aromatic carbocycles. The molecule has 0 radical (unpaired) electrons. The number of ketones is 1. The smallest absolute Gasteiger partial charge is 0.188 e. The number of benzene rings is 1. The number of Topliss-reactive ketones (excluding diaryl/α,β-unsaturated/α-hetero) is 1. The van der Waals surface area contributed by atoms with Gasteiger partial charge in [-0.05, 0) is 24.3 Å². The van der Waals surface area contributed by atoms with Gasteiger partial charge in [0.05, 0.1) is 0 Å². The summed E-state index contributed by atoms with van der Waals surface area (Å²) < 4.78 is 17.3. The Morgan fingerprint density at radius 3 is 2.57 bits per heavy atom. The predicted molar refractivity (Wildman–Crippen MR) is 53.6 cm³/mol. The minimum Gasteiger partial charge on any atom is -0.346 e. The van der Waals surface area contributed by atoms with E-state index < -0.39 is 5.56 Å². The van der Waals surface area contributed by atoms with E-state index in [9.17, 15) is 9.18 Å². The molecule has 2 N–H and O–H groups in total. The number of halogens is 1. The molecule has 3 nitrogen and oxygen atoms in total. The molecule has 1 rings (SSSR count). The van der Waals surface area contributed by atoms with Gasteiger partial charge < -0.3 is 4.74 Å². The fourth-order valence-electron chi connectivity index (χ4n) is 0.880. The molecule has 0 saturated heterocycles. The van der Waals surface area contributed by atoms with Gasteiger partial charge in [-0.25, -0.2) is 4.39 Å². The van der Waals surface area contributed by atoms with Crippen molar-refractivity contribution in [1.82, 2.24) is 0 Å². The standard InChI is InChI=1S/C9H10FNO2S/c10-7-3-1-6(2-4-7)8(12)5-13-9(11)14/h1-4,9,14H,5,11H2/t9-/m1/s1. The number of hydrogen-bond donors (Lipinski definition) is 2. The summed E-state index contributed by atoms with van der Waals surface area (Å²) in [6, 6.07) is 5.22. The highest BCUT2D eigenvalue weighted by molar-refractivity contribution is 7.80. The van der Waals surface area contributed by atoms with E-state index in [0.717, 1.165) is 0 Å². The summed E-state index contributed by atoms with van der Waals surface area (Å²) >= 11 is 3.74. The van der Waals surface area contributed by atoms with Crippen LogP contribution >= 0.6 is 12.6 Å². The van der Waals surface area contributed by atoms with Crippen LogP contribution in [-0.4, -0.2) is 18.0 Å². The molecule has 76 valence electrons. The molecule has 1 atom stereocenters. The predicted octanol–water partition coefficient (Wildman–Crippen LogP) is 1.20. The Morgan fingerprint density at radius 1 is 1.50 bits per heavy atom. The van der Waals surface area contributed by atoms with Crippen molar-refractivity contribution in [3.63, 3.8) is 0 Å². The van der Waals surface area contributed by atoms with Crippen LogP contribution in [0.25, 0.3) is 0 Å². The lowest BCUT2D eigenvalue weighted by molar-refractivity contribution is 0.0720. The summed E-state index contributed by atoms with van der Waals surface area (Å²) in [5, 5.41) is 0. The summed E-state index contributed by atoms with van der Waals surface area (Å²) in [5.74, 6) is -0.636. The Kier molecular flexibility index (Phi) is 4.06. The van der Waals surface area contributed by atoms with E-state index in [0.29, 0.717) is 5.56 Å². The van der Waals surface area contributed by atoms with Crippen molar-refractivity contribution in [2.45, 2.75) is 5.56 Å². The maximum absolute atomic E-state index is 12.5. The molecule has 0 unspecified atom stereocenters. The Bertz CT molecular complexity index is 313. The average molecular weight is 215 g/mol. The fraction of sp³-hybridized carbons (Fsp3) is 0.222. The quantitative estimate of drug-likeness (QED) is 0.451. The molecule has 0 fully saturated rings. The van der Waals surface area contributed by atoms with Crippen LogP contribution in [0.15, 0.2) is 24.3 Å². The number of thiol groups is 1. The van der Waals surface area contributed by atoms with Crippen molar-refractivity contribution < 1.29 is 13.9 Å². The lowest BCUT2D eigenvalue weighted by atomic mass is 10.1. The van der Waals surface area contributed by atoms with Crippen molar-refractivity contribution in [2.24, 2.45) is 5.73 Å². The van der Waals surface area contributed by atoms with E-state index in [2.05, 4.69) is 12.6 Å². The molecule has 0 aromatic heterocycles. The second-order valence-corrected chi connectivity index (χ2v) is 3.14. The van der Waals surface area contributed by atoms with Crippen molar-refractivity contribution in [3.05, 3.63) is 35.6 Å². The Hall–Kier alpha value is -0.910. The van der Waals surface area contributed by atoms with Crippen molar-refractivity contribution in [2.75, 3.05) is 6.61 Å². The van der Waals surface area contributed by atoms with E-state index in [4.69, 9.17) is 10.5 Å². The third-order valence-electron chi connectivity index (χ3n) is 1.55. The van der Waals surface area contributed by atoms with Crippen LogP contribution in [0.1, 0.15) is 10.4 Å². The van der Waals surface area contributed by atoms with Crippen LogP contribution in [0.5, 0.6) is 0 Å². The largest absolute Gasteiger partial charge is 0.346 e. The lowest BCUT2D eigenvalue weighted by Gasteiger charge is -2.05. The number of nitrogens with two attached hydrogens (primary N) is 1. The van der Waals surface area contributed by atoms with E-state index in [1.54, 1.807) is 0 Å². The maximum atomic E-state index is 12.5. The lowest BCUT2D eigenvalue weighted by Crippen LogP contribution is -2.21. The summed E-state index contributed by atoms with van der Waals surface area (Å²) in [6.45, 7) is -0.156. The van der Waals surface area contributed by atoms with Crippen LogP contribution in [0, 0.1) is 5.82 Å². The average Bonchev–Trinajstić information content (AvgIpc) is 2.15. The van der Waals surface area contributed by atoms with Crippen molar-refractivity contribution in [3.8, 4) is 0 Å². The molecule has 14 heavy (non-hydrogen) atoms. The second-order valence-electron chi connectivity index (χ2n) is 2.63. The highest BCUT2D eigenvalue weighted by atomic mass is 32.1. The first-order chi connectivity index (χ1) is 6.59.